The lowest BCUT2D eigenvalue weighted by Gasteiger charge is -1.95. The molecular weight excluding hydrogens is 236 g/mol. The lowest BCUT2D eigenvalue weighted by Crippen LogP contribution is -2.22. The molecule has 0 atom stereocenters. The van der Waals surface area contributed by atoms with Crippen LogP contribution in [-0.4, -0.2) is 5.78 Å². The fraction of sp³-hybridized carbons (Fsp3) is 0. The van der Waals surface area contributed by atoms with Gasteiger partial charge in [0.05, 0.1) is 5.57 Å². The maximum absolute atomic E-state index is 12.2. The number of furan rings is 1. The molecule has 0 spiro atoms. The molecule has 0 amide bonds. The minimum Gasteiger partial charge on any atom is -0.456 e. The summed E-state index contributed by atoms with van der Waals surface area (Å²) in [6.45, 7) is 0. The Morgan fingerprint density at radius 2 is 1.68 bits per heavy atom. The SMILES string of the molecule is O=C1C=c2ccccc2=C1c1cc2ccccc2o1. The van der Waals surface area contributed by atoms with E-state index in [-0.39, 0.29) is 5.78 Å². The Morgan fingerprint density at radius 3 is 2.58 bits per heavy atom. The summed E-state index contributed by atoms with van der Waals surface area (Å²) in [7, 11) is 0. The van der Waals surface area contributed by atoms with Gasteiger partial charge in [-0.3, -0.25) is 4.79 Å². The Bertz CT molecular complexity index is 896. The molecule has 0 bridgehead atoms. The molecule has 0 aliphatic heterocycles. The molecule has 2 heteroatoms. The highest BCUT2D eigenvalue weighted by Gasteiger charge is 2.19. The van der Waals surface area contributed by atoms with Gasteiger partial charge >= 0.3 is 0 Å². The lowest BCUT2D eigenvalue weighted by molar-refractivity contribution is -0.108. The molecule has 4 rings (SSSR count). The first kappa shape index (κ1) is 10.3. The molecule has 1 aromatic heterocycles. The van der Waals surface area contributed by atoms with Gasteiger partial charge in [0.25, 0.3) is 0 Å². The van der Waals surface area contributed by atoms with E-state index in [4.69, 9.17) is 4.42 Å². The Labute approximate surface area is 109 Å². The van der Waals surface area contributed by atoms with Crippen LogP contribution in [-0.2, 0) is 4.79 Å². The van der Waals surface area contributed by atoms with E-state index in [1.165, 1.54) is 0 Å². The van der Waals surface area contributed by atoms with Crippen molar-refractivity contribution in [3.8, 4) is 0 Å². The lowest BCUT2D eigenvalue weighted by atomic mass is 10.1. The van der Waals surface area contributed by atoms with Crippen molar-refractivity contribution in [2.45, 2.75) is 0 Å². The predicted octanol–water partition coefficient (Wildman–Crippen LogP) is 2.00. The summed E-state index contributed by atoms with van der Waals surface area (Å²) in [6, 6.07) is 17.5. The molecule has 0 saturated heterocycles. The minimum atomic E-state index is 0.0141. The Balaban J connectivity index is 2.08. The van der Waals surface area contributed by atoms with E-state index >= 15 is 0 Å². The van der Waals surface area contributed by atoms with Gasteiger partial charge in [0, 0.05) is 5.39 Å². The Kier molecular flexibility index (Phi) is 2.00. The zero-order valence-electron chi connectivity index (χ0n) is 10.1. The summed E-state index contributed by atoms with van der Waals surface area (Å²) in [5.41, 5.74) is 1.47. The highest BCUT2D eigenvalue weighted by molar-refractivity contribution is 6.35. The van der Waals surface area contributed by atoms with Crippen LogP contribution in [0.25, 0.3) is 22.6 Å². The molecule has 0 fully saturated rings. The van der Waals surface area contributed by atoms with Crippen LogP contribution in [0.2, 0.25) is 0 Å². The smallest absolute Gasteiger partial charge is 0.190 e. The van der Waals surface area contributed by atoms with Crippen molar-refractivity contribution in [2.75, 3.05) is 0 Å². The minimum absolute atomic E-state index is 0.0141. The van der Waals surface area contributed by atoms with Crippen molar-refractivity contribution < 1.29 is 9.21 Å². The van der Waals surface area contributed by atoms with Gasteiger partial charge in [-0.05, 0) is 28.6 Å². The van der Waals surface area contributed by atoms with Crippen LogP contribution in [0.5, 0.6) is 0 Å². The van der Waals surface area contributed by atoms with E-state index in [2.05, 4.69) is 0 Å². The molecule has 1 aliphatic rings. The van der Waals surface area contributed by atoms with Gasteiger partial charge in [-0.25, -0.2) is 0 Å². The number of hydrogen-bond acceptors (Lipinski definition) is 2. The largest absolute Gasteiger partial charge is 0.456 e. The number of carbonyl (C=O) groups is 1. The Morgan fingerprint density at radius 1 is 0.895 bits per heavy atom. The number of rotatable bonds is 1. The van der Waals surface area contributed by atoms with Gasteiger partial charge in [-0.15, -0.1) is 0 Å². The van der Waals surface area contributed by atoms with E-state index < -0.39 is 0 Å². The molecule has 19 heavy (non-hydrogen) atoms. The molecule has 90 valence electrons. The third kappa shape index (κ3) is 1.47. The standard InChI is InChI=1S/C17H10O2/c18-14-9-11-5-1-3-7-13(11)17(14)16-10-12-6-2-4-8-15(12)19-16/h1-10H. The number of benzene rings is 2. The van der Waals surface area contributed by atoms with Gasteiger partial charge in [0.2, 0.25) is 0 Å². The third-order valence-electron chi connectivity index (χ3n) is 3.44. The highest BCUT2D eigenvalue weighted by atomic mass is 16.3. The topological polar surface area (TPSA) is 30.2 Å². The van der Waals surface area contributed by atoms with Crippen LogP contribution < -0.4 is 10.4 Å². The number of fused-ring (bicyclic) bond motifs is 2. The van der Waals surface area contributed by atoms with Crippen molar-refractivity contribution in [1.82, 2.24) is 0 Å². The number of Topliss-reactive ketones (excluding diaryl/α,β-unsaturated/α-hetero) is 1. The molecule has 2 nitrogen and oxygen atoms in total. The number of ketones is 1. The average Bonchev–Trinajstić information content (AvgIpc) is 2.97. The third-order valence-corrected chi connectivity index (χ3v) is 3.44. The van der Waals surface area contributed by atoms with Gasteiger partial charge < -0.3 is 4.42 Å². The van der Waals surface area contributed by atoms with E-state index in [9.17, 15) is 4.79 Å². The first-order valence-corrected chi connectivity index (χ1v) is 6.17. The fourth-order valence-corrected chi connectivity index (χ4v) is 2.56. The molecule has 1 heterocycles. The van der Waals surface area contributed by atoms with Gasteiger partial charge in [0.1, 0.15) is 11.3 Å². The number of para-hydroxylation sites is 1. The first-order chi connectivity index (χ1) is 9.33. The van der Waals surface area contributed by atoms with Crippen molar-refractivity contribution >= 4 is 28.4 Å². The van der Waals surface area contributed by atoms with Crippen LogP contribution in [0.1, 0.15) is 5.76 Å². The van der Waals surface area contributed by atoms with Crippen LogP contribution in [0.15, 0.2) is 59.0 Å². The van der Waals surface area contributed by atoms with E-state index in [1.807, 2.05) is 54.6 Å². The Hall–Kier alpha value is -2.61. The zero-order chi connectivity index (χ0) is 12.8. The fourth-order valence-electron chi connectivity index (χ4n) is 2.56. The highest BCUT2D eigenvalue weighted by Crippen LogP contribution is 2.24. The monoisotopic (exact) mass is 246 g/mol. The number of hydrogen-bond donors (Lipinski definition) is 0. The molecule has 0 N–H and O–H groups in total. The van der Waals surface area contributed by atoms with Crippen molar-refractivity contribution in [2.24, 2.45) is 0 Å². The summed E-state index contributed by atoms with van der Waals surface area (Å²) in [5, 5.41) is 2.93. The summed E-state index contributed by atoms with van der Waals surface area (Å²) in [6.07, 6.45) is 1.66. The molecular formula is C17H10O2. The summed E-state index contributed by atoms with van der Waals surface area (Å²) >= 11 is 0. The summed E-state index contributed by atoms with van der Waals surface area (Å²) in [4.78, 5) is 12.2. The predicted molar refractivity (Wildman–Crippen MR) is 73.9 cm³/mol. The van der Waals surface area contributed by atoms with Gasteiger partial charge in [-0.1, -0.05) is 42.5 Å². The maximum Gasteiger partial charge on any atom is 0.190 e. The maximum atomic E-state index is 12.2. The van der Waals surface area contributed by atoms with Crippen molar-refractivity contribution in [3.05, 3.63) is 70.8 Å². The second-order valence-corrected chi connectivity index (χ2v) is 4.62. The zero-order valence-corrected chi connectivity index (χ0v) is 10.1. The first-order valence-electron chi connectivity index (χ1n) is 6.17. The molecule has 3 aromatic rings. The van der Waals surface area contributed by atoms with Crippen LogP contribution in [0.3, 0.4) is 0 Å². The summed E-state index contributed by atoms with van der Waals surface area (Å²) < 4.78 is 5.80. The van der Waals surface area contributed by atoms with Crippen LogP contribution in [0, 0.1) is 0 Å². The van der Waals surface area contributed by atoms with Gasteiger partial charge in [-0.2, -0.15) is 0 Å². The molecule has 0 radical (unpaired) electrons. The number of carbonyl (C=O) groups excluding carboxylic acids is 1. The normalized spacial score (nSPS) is 13.7. The summed E-state index contributed by atoms with van der Waals surface area (Å²) in [5.74, 6) is 0.660. The average molecular weight is 246 g/mol. The molecule has 0 saturated carbocycles. The second kappa shape index (κ2) is 3.69. The van der Waals surface area contributed by atoms with E-state index in [0.717, 1.165) is 21.4 Å². The van der Waals surface area contributed by atoms with E-state index in [1.54, 1.807) is 6.08 Å². The van der Waals surface area contributed by atoms with Gasteiger partial charge in [0.15, 0.2) is 5.78 Å². The quantitative estimate of drug-likeness (QED) is 0.657. The van der Waals surface area contributed by atoms with Crippen molar-refractivity contribution in [3.63, 3.8) is 0 Å². The molecule has 0 unspecified atom stereocenters. The van der Waals surface area contributed by atoms with Crippen LogP contribution >= 0.6 is 0 Å². The van der Waals surface area contributed by atoms with E-state index in [0.29, 0.717) is 11.3 Å². The van der Waals surface area contributed by atoms with Crippen LogP contribution in [0.4, 0.5) is 0 Å². The van der Waals surface area contributed by atoms with Crippen molar-refractivity contribution in [1.29, 1.82) is 0 Å². The molecule has 1 aliphatic carbocycles. The molecule has 2 aromatic carbocycles. The second-order valence-electron chi connectivity index (χ2n) is 4.62.